The van der Waals surface area contributed by atoms with E-state index in [1.54, 1.807) is 11.3 Å². The molecule has 1 fully saturated rings. The quantitative estimate of drug-likeness (QED) is 0.845. The van der Waals surface area contributed by atoms with Crippen LogP contribution in [0, 0.1) is 5.41 Å². The highest BCUT2D eigenvalue weighted by Crippen LogP contribution is 2.42. The fourth-order valence-corrected chi connectivity index (χ4v) is 3.11. The predicted octanol–water partition coefficient (Wildman–Crippen LogP) is 2.44. The van der Waals surface area contributed by atoms with Gasteiger partial charge in [-0.15, -0.1) is 11.3 Å². The normalized spacial score (nSPS) is 19.4. The van der Waals surface area contributed by atoms with Crippen molar-refractivity contribution in [1.82, 2.24) is 5.32 Å². The highest BCUT2D eigenvalue weighted by Gasteiger charge is 2.37. The van der Waals surface area contributed by atoms with E-state index in [1.807, 2.05) is 18.4 Å². The van der Waals surface area contributed by atoms with E-state index in [9.17, 15) is 4.79 Å². The van der Waals surface area contributed by atoms with Crippen LogP contribution in [0.4, 0.5) is 0 Å². The van der Waals surface area contributed by atoms with Gasteiger partial charge in [0.2, 0.25) is 5.91 Å². The van der Waals surface area contributed by atoms with Crippen molar-refractivity contribution >= 4 is 17.2 Å². The molecule has 2 rings (SSSR count). The largest absolute Gasteiger partial charge is 0.349 e. The topological polar surface area (TPSA) is 55.1 Å². The Morgan fingerprint density at radius 1 is 1.65 bits per heavy atom. The maximum Gasteiger partial charge on any atom is 0.221 e. The summed E-state index contributed by atoms with van der Waals surface area (Å²) in [7, 11) is 0. The molecule has 1 aromatic rings. The van der Waals surface area contributed by atoms with Crippen molar-refractivity contribution in [2.75, 3.05) is 6.54 Å². The molecule has 94 valence electrons. The number of amides is 1. The summed E-state index contributed by atoms with van der Waals surface area (Å²) in [5, 5.41) is 5.09. The minimum Gasteiger partial charge on any atom is -0.349 e. The van der Waals surface area contributed by atoms with Gasteiger partial charge in [0.15, 0.2) is 0 Å². The summed E-state index contributed by atoms with van der Waals surface area (Å²) in [6.45, 7) is 2.66. The Bertz CT molecular complexity index is 365. The minimum atomic E-state index is 0.0965. The second-order valence-corrected chi connectivity index (χ2v) is 6.02. The molecule has 1 aliphatic rings. The van der Waals surface area contributed by atoms with Crippen LogP contribution < -0.4 is 11.1 Å². The zero-order valence-corrected chi connectivity index (χ0v) is 11.1. The molecule has 17 heavy (non-hydrogen) atoms. The van der Waals surface area contributed by atoms with Crippen molar-refractivity contribution in [3.63, 3.8) is 0 Å². The molecule has 4 heteroatoms. The van der Waals surface area contributed by atoms with Crippen LogP contribution in [-0.2, 0) is 4.79 Å². The van der Waals surface area contributed by atoms with E-state index in [0.29, 0.717) is 13.0 Å². The van der Waals surface area contributed by atoms with Gasteiger partial charge < -0.3 is 11.1 Å². The molecule has 0 bridgehead atoms. The van der Waals surface area contributed by atoms with Crippen molar-refractivity contribution in [3.8, 4) is 0 Å². The lowest BCUT2D eigenvalue weighted by Crippen LogP contribution is -2.42. The lowest BCUT2D eigenvalue weighted by Gasteiger charge is -2.40. The first kappa shape index (κ1) is 12.6. The van der Waals surface area contributed by atoms with Crippen LogP contribution in [0.1, 0.15) is 43.5 Å². The van der Waals surface area contributed by atoms with Crippen LogP contribution in [0.25, 0.3) is 0 Å². The number of hydrogen-bond donors (Lipinski definition) is 2. The Hall–Kier alpha value is -0.870. The Morgan fingerprint density at radius 2 is 2.41 bits per heavy atom. The molecule has 1 atom stereocenters. The van der Waals surface area contributed by atoms with E-state index >= 15 is 0 Å². The molecule has 1 saturated carbocycles. The molecule has 0 radical (unpaired) electrons. The highest BCUT2D eigenvalue weighted by molar-refractivity contribution is 7.10. The maximum absolute atomic E-state index is 12.0. The van der Waals surface area contributed by atoms with Crippen LogP contribution in [0.2, 0.25) is 0 Å². The first-order valence-electron chi connectivity index (χ1n) is 6.18. The fraction of sp³-hybridized carbons (Fsp3) is 0.615. The standard InChI is InChI=1S/C13H20N2OS/c1-10(11-4-2-7-17-11)15-12(16)8-13(9-14)5-3-6-13/h2,4,7,10H,3,5-6,8-9,14H2,1H3,(H,15,16)/t10-/m0/s1. The van der Waals surface area contributed by atoms with Gasteiger partial charge in [0.05, 0.1) is 6.04 Å². The number of rotatable bonds is 5. The van der Waals surface area contributed by atoms with Crippen molar-refractivity contribution < 1.29 is 4.79 Å². The number of nitrogens with one attached hydrogen (secondary N) is 1. The molecule has 0 spiro atoms. The average Bonchev–Trinajstić information content (AvgIpc) is 2.76. The third-order valence-corrected chi connectivity index (χ3v) is 4.79. The maximum atomic E-state index is 12.0. The van der Waals surface area contributed by atoms with Gasteiger partial charge in [-0.25, -0.2) is 0 Å². The van der Waals surface area contributed by atoms with Crippen LogP contribution in [0.5, 0.6) is 0 Å². The highest BCUT2D eigenvalue weighted by atomic mass is 32.1. The molecule has 0 aliphatic heterocycles. The van der Waals surface area contributed by atoms with Gasteiger partial charge in [0, 0.05) is 11.3 Å². The second kappa shape index (κ2) is 5.19. The Morgan fingerprint density at radius 3 is 2.88 bits per heavy atom. The van der Waals surface area contributed by atoms with Gasteiger partial charge in [0.25, 0.3) is 0 Å². The SMILES string of the molecule is C[C@H](NC(=O)CC1(CN)CCC1)c1cccs1. The Labute approximate surface area is 106 Å². The zero-order valence-electron chi connectivity index (χ0n) is 10.2. The molecular weight excluding hydrogens is 232 g/mol. The smallest absolute Gasteiger partial charge is 0.221 e. The summed E-state index contributed by atoms with van der Waals surface area (Å²) < 4.78 is 0. The van der Waals surface area contributed by atoms with Crippen molar-refractivity contribution in [2.24, 2.45) is 11.1 Å². The fourth-order valence-electron chi connectivity index (χ4n) is 2.37. The number of carbonyl (C=O) groups is 1. The predicted molar refractivity (Wildman–Crippen MR) is 70.8 cm³/mol. The molecule has 1 aliphatic carbocycles. The van der Waals surface area contributed by atoms with E-state index in [-0.39, 0.29) is 17.4 Å². The molecular formula is C13H20N2OS. The van der Waals surface area contributed by atoms with Gasteiger partial charge in [0.1, 0.15) is 0 Å². The monoisotopic (exact) mass is 252 g/mol. The number of carbonyl (C=O) groups excluding carboxylic acids is 1. The van der Waals surface area contributed by atoms with Crippen molar-refractivity contribution in [2.45, 2.75) is 38.6 Å². The summed E-state index contributed by atoms with van der Waals surface area (Å²) >= 11 is 1.68. The molecule has 3 N–H and O–H groups in total. The van der Waals surface area contributed by atoms with Gasteiger partial charge >= 0.3 is 0 Å². The molecule has 1 aromatic heterocycles. The summed E-state index contributed by atoms with van der Waals surface area (Å²) in [6, 6.07) is 4.17. The van der Waals surface area contributed by atoms with E-state index in [0.717, 1.165) is 12.8 Å². The first-order chi connectivity index (χ1) is 8.15. The van der Waals surface area contributed by atoms with Crippen molar-refractivity contribution in [3.05, 3.63) is 22.4 Å². The van der Waals surface area contributed by atoms with Crippen LogP contribution in [0.3, 0.4) is 0 Å². The van der Waals surface area contributed by atoms with E-state index in [4.69, 9.17) is 5.73 Å². The minimum absolute atomic E-state index is 0.0965. The molecule has 0 aromatic carbocycles. The lowest BCUT2D eigenvalue weighted by atomic mass is 9.66. The number of hydrogen-bond acceptors (Lipinski definition) is 3. The zero-order chi connectivity index (χ0) is 12.3. The molecule has 3 nitrogen and oxygen atoms in total. The average molecular weight is 252 g/mol. The molecule has 1 amide bonds. The second-order valence-electron chi connectivity index (χ2n) is 5.04. The van der Waals surface area contributed by atoms with Crippen LogP contribution in [0.15, 0.2) is 17.5 Å². The third kappa shape index (κ3) is 2.87. The summed E-state index contributed by atoms with van der Waals surface area (Å²) in [5.74, 6) is 0.135. The number of thiophene rings is 1. The van der Waals surface area contributed by atoms with E-state index in [1.165, 1.54) is 11.3 Å². The van der Waals surface area contributed by atoms with E-state index in [2.05, 4.69) is 11.4 Å². The van der Waals surface area contributed by atoms with Crippen LogP contribution in [-0.4, -0.2) is 12.5 Å². The Balaban J connectivity index is 1.85. The van der Waals surface area contributed by atoms with E-state index < -0.39 is 0 Å². The van der Waals surface area contributed by atoms with Gasteiger partial charge in [-0.3, -0.25) is 4.79 Å². The molecule has 1 heterocycles. The van der Waals surface area contributed by atoms with Gasteiger partial charge in [-0.05, 0) is 43.2 Å². The molecule has 0 saturated heterocycles. The summed E-state index contributed by atoms with van der Waals surface area (Å²) in [4.78, 5) is 13.2. The first-order valence-corrected chi connectivity index (χ1v) is 7.06. The van der Waals surface area contributed by atoms with Gasteiger partial charge in [-0.1, -0.05) is 12.5 Å². The van der Waals surface area contributed by atoms with Crippen LogP contribution >= 0.6 is 11.3 Å². The third-order valence-electron chi connectivity index (χ3n) is 3.73. The Kier molecular flexibility index (Phi) is 3.84. The summed E-state index contributed by atoms with van der Waals surface area (Å²) in [5.41, 5.74) is 5.86. The van der Waals surface area contributed by atoms with Crippen molar-refractivity contribution in [1.29, 1.82) is 0 Å². The lowest BCUT2D eigenvalue weighted by molar-refractivity contribution is -0.125. The summed E-state index contributed by atoms with van der Waals surface area (Å²) in [6.07, 6.45) is 4.00. The molecule has 0 unspecified atom stereocenters. The number of nitrogens with two attached hydrogens (primary N) is 1. The van der Waals surface area contributed by atoms with Gasteiger partial charge in [-0.2, -0.15) is 0 Å².